The van der Waals surface area contributed by atoms with E-state index in [4.69, 9.17) is 4.18 Å². The number of amides is 2. The first-order valence-corrected chi connectivity index (χ1v) is 11.9. The minimum absolute atomic E-state index is 0.0220. The largest absolute Gasteiger partial charge is 0.378 e. The molecule has 3 aromatic carbocycles. The Morgan fingerprint density at radius 2 is 1.80 bits per heavy atom. The van der Waals surface area contributed by atoms with Crippen molar-refractivity contribution in [3.8, 4) is 5.75 Å². The zero-order chi connectivity index (χ0) is 25.6. The van der Waals surface area contributed by atoms with Gasteiger partial charge in [0.15, 0.2) is 5.75 Å². The molecule has 2 N–H and O–H groups in total. The molecule has 3 aromatic rings. The number of hydrogen-bond donors (Lipinski definition) is 2. The number of carbonyl (C=O) groups excluding carboxylic acids is 2. The molecule has 35 heavy (non-hydrogen) atoms. The van der Waals surface area contributed by atoms with E-state index in [1.165, 1.54) is 73.8 Å². The number of non-ortho nitro benzene ring substituents is 1. The van der Waals surface area contributed by atoms with E-state index >= 15 is 0 Å². The molecule has 0 saturated heterocycles. The lowest BCUT2D eigenvalue weighted by Crippen LogP contribution is -2.17. The number of nitrogens with one attached hydrogen (secondary N) is 2. The van der Waals surface area contributed by atoms with E-state index < -0.39 is 20.9 Å². The Kier molecular flexibility index (Phi) is 7.94. The quantitative estimate of drug-likeness (QED) is 0.183. The van der Waals surface area contributed by atoms with Gasteiger partial charge >= 0.3 is 10.1 Å². The summed E-state index contributed by atoms with van der Waals surface area (Å²) in [6.45, 7) is 1.34. The van der Waals surface area contributed by atoms with Crippen LogP contribution in [-0.2, 0) is 14.9 Å². The van der Waals surface area contributed by atoms with Gasteiger partial charge in [-0.2, -0.15) is 13.5 Å². The Morgan fingerprint density at radius 1 is 1.09 bits per heavy atom. The molecule has 0 aliphatic carbocycles. The number of nitro groups is 1. The summed E-state index contributed by atoms with van der Waals surface area (Å²) in [6.07, 6.45) is 1.30. The maximum absolute atomic E-state index is 12.6. The van der Waals surface area contributed by atoms with Crippen molar-refractivity contribution in [3.05, 3.63) is 92.4 Å². The van der Waals surface area contributed by atoms with Gasteiger partial charge in [-0.1, -0.05) is 6.07 Å². The standard InChI is InChI=1S/C22H17BrN4O7S/c1-14(28)25-17-6-8-19(9-7-17)35(32,33)34-21-10-5-15(11-20(21)23)13-24-26-22(29)16-3-2-4-18(12-16)27(30)31/h2-13H,1H3,(H,25,28)(H,26,29)/b24-13-. The number of hydrazone groups is 1. The first kappa shape index (κ1) is 25.5. The zero-order valence-electron chi connectivity index (χ0n) is 18.0. The molecule has 180 valence electrons. The molecule has 0 saturated carbocycles. The van der Waals surface area contributed by atoms with Crippen LogP contribution in [0.25, 0.3) is 0 Å². The molecule has 0 unspecified atom stereocenters. The van der Waals surface area contributed by atoms with Crippen LogP contribution in [0.1, 0.15) is 22.8 Å². The summed E-state index contributed by atoms with van der Waals surface area (Å²) in [5, 5.41) is 17.2. The van der Waals surface area contributed by atoms with E-state index in [-0.39, 0.29) is 27.8 Å². The van der Waals surface area contributed by atoms with Crippen molar-refractivity contribution in [1.82, 2.24) is 5.43 Å². The summed E-state index contributed by atoms with van der Waals surface area (Å²) in [5.74, 6) is -0.902. The second kappa shape index (κ2) is 10.9. The summed E-state index contributed by atoms with van der Waals surface area (Å²) in [6, 6.07) is 15.1. The second-order valence-corrected chi connectivity index (χ2v) is 9.34. The molecular weight excluding hydrogens is 544 g/mol. The number of halogens is 1. The molecule has 0 heterocycles. The Bertz CT molecular complexity index is 1420. The summed E-state index contributed by atoms with van der Waals surface area (Å²) < 4.78 is 30.7. The van der Waals surface area contributed by atoms with E-state index in [0.29, 0.717) is 15.7 Å². The fraction of sp³-hybridized carbons (Fsp3) is 0.0455. The molecule has 11 nitrogen and oxygen atoms in total. The first-order chi connectivity index (χ1) is 16.5. The van der Waals surface area contributed by atoms with Crippen LogP contribution in [0.5, 0.6) is 5.75 Å². The Morgan fingerprint density at radius 3 is 2.43 bits per heavy atom. The highest BCUT2D eigenvalue weighted by molar-refractivity contribution is 9.10. The van der Waals surface area contributed by atoms with Crippen molar-refractivity contribution in [1.29, 1.82) is 0 Å². The van der Waals surface area contributed by atoms with Gasteiger partial charge in [0.2, 0.25) is 5.91 Å². The Hall–Kier alpha value is -4.10. The smallest absolute Gasteiger partial charge is 0.339 e. The molecule has 0 aliphatic rings. The van der Waals surface area contributed by atoms with Crippen molar-refractivity contribution >= 4 is 55.5 Å². The number of nitro benzene ring substituents is 1. The van der Waals surface area contributed by atoms with Crippen molar-refractivity contribution in [2.24, 2.45) is 5.10 Å². The van der Waals surface area contributed by atoms with Crippen molar-refractivity contribution in [3.63, 3.8) is 0 Å². The highest BCUT2D eigenvalue weighted by atomic mass is 79.9. The van der Waals surface area contributed by atoms with Crippen LogP contribution in [0.2, 0.25) is 0 Å². The molecule has 0 spiro atoms. The van der Waals surface area contributed by atoms with Crippen molar-refractivity contribution < 1.29 is 27.1 Å². The van der Waals surface area contributed by atoms with E-state index in [1.54, 1.807) is 0 Å². The fourth-order valence-corrected chi connectivity index (χ4v) is 4.26. The third kappa shape index (κ3) is 6.94. The highest BCUT2D eigenvalue weighted by Crippen LogP contribution is 2.29. The van der Waals surface area contributed by atoms with E-state index in [1.807, 2.05) is 0 Å². The van der Waals surface area contributed by atoms with Crippen LogP contribution in [0.4, 0.5) is 11.4 Å². The van der Waals surface area contributed by atoms with Crippen LogP contribution in [0.15, 0.2) is 81.2 Å². The number of nitrogens with zero attached hydrogens (tertiary/aromatic N) is 2. The van der Waals surface area contributed by atoms with Gasteiger partial charge < -0.3 is 9.50 Å². The predicted octanol–water partition coefficient (Wildman–Crippen LogP) is 3.85. The van der Waals surface area contributed by atoms with Gasteiger partial charge in [0.25, 0.3) is 11.6 Å². The lowest BCUT2D eigenvalue weighted by molar-refractivity contribution is -0.384. The minimum atomic E-state index is -4.14. The fourth-order valence-electron chi connectivity index (χ4n) is 2.73. The molecule has 2 amide bonds. The highest BCUT2D eigenvalue weighted by Gasteiger charge is 2.18. The molecule has 13 heteroatoms. The van der Waals surface area contributed by atoms with Crippen LogP contribution >= 0.6 is 15.9 Å². The minimum Gasteiger partial charge on any atom is -0.378 e. The van der Waals surface area contributed by atoms with Gasteiger partial charge in [-0.3, -0.25) is 19.7 Å². The maximum Gasteiger partial charge on any atom is 0.339 e. The SMILES string of the molecule is CC(=O)Nc1ccc(S(=O)(=O)Oc2ccc(/C=N\NC(=O)c3cccc([N+](=O)[O-])c3)cc2Br)cc1. The van der Waals surface area contributed by atoms with Gasteiger partial charge in [-0.15, -0.1) is 0 Å². The molecule has 0 aromatic heterocycles. The van der Waals surface area contributed by atoms with Crippen LogP contribution in [0, 0.1) is 10.1 Å². The molecular formula is C22H17BrN4O7S. The Labute approximate surface area is 208 Å². The monoisotopic (exact) mass is 560 g/mol. The maximum atomic E-state index is 12.6. The van der Waals surface area contributed by atoms with Gasteiger partial charge in [0.05, 0.1) is 15.6 Å². The summed E-state index contributed by atoms with van der Waals surface area (Å²) in [7, 11) is -4.14. The predicted molar refractivity (Wildman–Crippen MR) is 131 cm³/mol. The topological polar surface area (TPSA) is 157 Å². The van der Waals surface area contributed by atoms with Crippen LogP contribution in [0.3, 0.4) is 0 Å². The number of benzene rings is 3. The van der Waals surface area contributed by atoms with Crippen LogP contribution < -0.4 is 14.9 Å². The van der Waals surface area contributed by atoms with Crippen LogP contribution in [-0.4, -0.2) is 31.4 Å². The molecule has 0 bridgehead atoms. The average Bonchev–Trinajstić information content (AvgIpc) is 2.80. The molecule has 0 radical (unpaired) electrons. The zero-order valence-corrected chi connectivity index (χ0v) is 20.4. The second-order valence-electron chi connectivity index (χ2n) is 6.94. The lowest BCUT2D eigenvalue weighted by atomic mass is 10.2. The van der Waals surface area contributed by atoms with Gasteiger partial charge in [0.1, 0.15) is 4.90 Å². The molecule has 0 atom stereocenters. The summed E-state index contributed by atoms with van der Waals surface area (Å²) in [4.78, 5) is 33.3. The van der Waals surface area contributed by atoms with Crippen molar-refractivity contribution in [2.45, 2.75) is 11.8 Å². The Balaban J connectivity index is 1.66. The average molecular weight is 561 g/mol. The third-order valence-corrected chi connectivity index (χ3v) is 6.19. The third-order valence-electron chi connectivity index (χ3n) is 4.32. The summed E-state index contributed by atoms with van der Waals surface area (Å²) >= 11 is 3.24. The van der Waals surface area contributed by atoms with E-state index in [9.17, 15) is 28.1 Å². The molecule has 0 aliphatic heterocycles. The molecule has 3 rings (SSSR count). The normalized spacial score (nSPS) is 11.1. The number of hydrogen-bond acceptors (Lipinski definition) is 8. The number of rotatable bonds is 8. The lowest BCUT2D eigenvalue weighted by Gasteiger charge is -2.10. The number of carbonyl (C=O) groups is 2. The van der Waals surface area contributed by atoms with E-state index in [2.05, 4.69) is 31.8 Å². The van der Waals surface area contributed by atoms with Gasteiger partial charge in [-0.05, 0) is 70.0 Å². The number of anilines is 1. The molecule has 0 fully saturated rings. The van der Waals surface area contributed by atoms with Gasteiger partial charge in [0, 0.05) is 30.3 Å². The van der Waals surface area contributed by atoms with E-state index in [0.717, 1.165) is 6.07 Å². The van der Waals surface area contributed by atoms with Crippen molar-refractivity contribution in [2.75, 3.05) is 5.32 Å². The summed E-state index contributed by atoms with van der Waals surface area (Å²) in [5.41, 5.74) is 3.05. The van der Waals surface area contributed by atoms with Gasteiger partial charge in [-0.25, -0.2) is 5.43 Å². The first-order valence-electron chi connectivity index (χ1n) is 9.75.